The Bertz CT molecular complexity index is 545. The van der Waals surface area contributed by atoms with Crippen LogP contribution < -0.4 is 20.1 Å². The molecule has 0 aromatic heterocycles. The quantitative estimate of drug-likeness (QED) is 0.365. The number of methoxy groups -OCH3 is 1. The Morgan fingerprint density at radius 2 is 2.08 bits per heavy atom. The second-order valence-corrected chi connectivity index (χ2v) is 6.14. The SMILES string of the molecule is CCOc1cc(CNC(=NC)NCCCOCC2CC2)ccc1OC. The number of benzene rings is 1. The minimum atomic E-state index is 0.610. The molecule has 1 aromatic rings. The molecule has 2 rings (SSSR count). The van der Waals surface area contributed by atoms with Crippen molar-refractivity contribution in [3.8, 4) is 11.5 Å². The fourth-order valence-corrected chi connectivity index (χ4v) is 2.42. The van der Waals surface area contributed by atoms with E-state index in [2.05, 4.69) is 15.6 Å². The van der Waals surface area contributed by atoms with E-state index in [1.807, 2.05) is 25.1 Å². The standard InChI is InChI=1S/C19H31N3O3/c1-4-25-18-12-16(8-9-17(18)23-3)13-22-19(20-2)21-10-5-11-24-14-15-6-7-15/h8-9,12,15H,4-7,10-11,13-14H2,1-3H3,(H2,20,21,22). The second kappa shape index (κ2) is 10.8. The molecule has 0 saturated heterocycles. The number of nitrogens with one attached hydrogen (secondary N) is 2. The van der Waals surface area contributed by atoms with E-state index in [0.29, 0.717) is 13.2 Å². The first-order valence-electron chi connectivity index (χ1n) is 9.08. The lowest BCUT2D eigenvalue weighted by Crippen LogP contribution is -2.37. The summed E-state index contributed by atoms with van der Waals surface area (Å²) in [5.41, 5.74) is 1.11. The molecule has 1 aromatic carbocycles. The molecular formula is C19H31N3O3. The molecule has 0 aliphatic heterocycles. The molecule has 140 valence electrons. The molecule has 0 atom stereocenters. The Labute approximate surface area is 151 Å². The van der Waals surface area contributed by atoms with Crippen molar-refractivity contribution in [1.29, 1.82) is 0 Å². The highest BCUT2D eigenvalue weighted by Gasteiger charge is 2.20. The fourth-order valence-electron chi connectivity index (χ4n) is 2.42. The fraction of sp³-hybridized carbons (Fsp3) is 0.632. The van der Waals surface area contributed by atoms with E-state index < -0.39 is 0 Å². The lowest BCUT2D eigenvalue weighted by atomic mass is 10.2. The summed E-state index contributed by atoms with van der Waals surface area (Å²) in [7, 11) is 3.43. The number of hydrogen-bond donors (Lipinski definition) is 2. The Morgan fingerprint density at radius 3 is 2.76 bits per heavy atom. The summed E-state index contributed by atoms with van der Waals surface area (Å²) in [4.78, 5) is 4.25. The zero-order valence-corrected chi connectivity index (χ0v) is 15.6. The maximum Gasteiger partial charge on any atom is 0.191 e. The normalized spacial score (nSPS) is 14.3. The van der Waals surface area contributed by atoms with Crippen LogP contribution in [0.5, 0.6) is 11.5 Å². The van der Waals surface area contributed by atoms with Crippen LogP contribution in [0, 0.1) is 5.92 Å². The summed E-state index contributed by atoms with van der Waals surface area (Å²) < 4.78 is 16.6. The third-order valence-electron chi connectivity index (χ3n) is 4.02. The van der Waals surface area contributed by atoms with Gasteiger partial charge in [-0.1, -0.05) is 6.07 Å². The number of guanidine groups is 1. The van der Waals surface area contributed by atoms with Gasteiger partial charge >= 0.3 is 0 Å². The van der Waals surface area contributed by atoms with Crippen molar-refractivity contribution in [3.63, 3.8) is 0 Å². The van der Waals surface area contributed by atoms with Gasteiger partial charge in [-0.2, -0.15) is 0 Å². The largest absolute Gasteiger partial charge is 0.493 e. The second-order valence-electron chi connectivity index (χ2n) is 6.14. The molecule has 0 amide bonds. The van der Waals surface area contributed by atoms with Crippen LogP contribution in [0.15, 0.2) is 23.2 Å². The number of ether oxygens (including phenoxy) is 3. The molecule has 1 aliphatic carbocycles. The van der Waals surface area contributed by atoms with Crippen LogP contribution in [0.4, 0.5) is 0 Å². The molecular weight excluding hydrogens is 318 g/mol. The zero-order valence-electron chi connectivity index (χ0n) is 15.6. The maximum atomic E-state index is 5.63. The van der Waals surface area contributed by atoms with Gasteiger partial charge in [0.1, 0.15) is 0 Å². The van der Waals surface area contributed by atoms with Crippen molar-refractivity contribution in [1.82, 2.24) is 10.6 Å². The first-order chi connectivity index (χ1) is 12.3. The Hall–Kier alpha value is -1.95. The highest BCUT2D eigenvalue weighted by molar-refractivity contribution is 5.79. The summed E-state index contributed by atoms with van der Waals surface area (Å²) >= 11 is 0. The van der Waals surface area contributed by atoms with Crippen molar-refractivity contribution in [3.05, 3.63) is 23.8 Å². The third kappa shape index (κ3) is 7.22. The molecule has 0 unspecified atom stereocenters. The first kappa shape index (κ1) is 19.4. The van der Waals surface area contributed by atoms with Crippen LogP contribution >= 0.6 is 0 Å². The summed E-state index contributed by atoms with van der Waals surface area (Å²) in [5, 5.41) is 6.62. The molecule has 1 aliphatic rings. The van der Waals surface area contributed by atoms with Gasteiger partial charge in [0.15, 0.2) is 17.5 Å². The first-order valence-corrected chi connectivity index (χ1v) is 9.08. The van der Waals surface area contributed by atoms with Crippen molar-refractivity contribution in [2.24, 2.45) is 10.9 Å². The minimum Gasteiger partial charge on any atom is -0.493 e. The Morgan fingerprint density at radius 1 is 1.24 bits per heavy atom. The van der Waals surface area contributed by atoms with Gasteiger partial charge in [-0.05, 0) is 49.8 Å². The summed E-state index contributed by atoms with van der Waals surface area (Å²) in [6.45, 7) is 5.81. The minimum absolute atomic E-state index is 0.610. The van der Waals surface area contributed by atoms with Gasteiger partial charge in [-0.15, -0.1) is 0 Å². The monoisotopic (exact) mass is 349 g/mol. The van der Waals surface area contributed by atoms with Crippen LogP contribution in [0.3, 0.4) is 0 Å². The molecule has 2 N–H and O–H groups in total. The van der Waals surface area contributed by atoms with Crippen LogP contribution in [0.25, 0.3) is 0 Å². The van der Waals surface area contributed by atoms with Gasteiger partial charge in [0.2, 0.25) is 0 Å². The van der Waals surface area contributed by atoms with Gasteiger partial charge < -0.3 is 24.8 Å². The van der Waals surface area contributed by atoms with Crippen LogP contribution in [0.1, 0.15) is 31.7 Å². The molecule has 25 heavy (non-hydrogen) atoms. The van der Waals surface area contributed by atoms with E-state index in [-0.39, 0.29) is 0 Å². The third-order valence-corrected chi connectivity index (χ3v) is 4.02. The Balaban J connectivity index is 1.69. The van der Waals surface area contributed by atoms with Crippen molar-refractivity contribution < 1.29 is 14.2 Å². The zero-order chi connectivity index (χ0) is 17.9. The van der Waals surface area contributed by atoms with E-state index in [0.717, 1.165) is 55.1 Å². The van der Waals surface area contributed by atoms with E-state index in [9.17, 15) is 0 Å². The van der Waals surface area contributed by atoms with Crippen molar-refractivity contribution in [2.75, 3.05) is 40.5 Å². The number of aliphatic imine (C=N–C) groups is 1. The average Bonchev–Trinajstić information content (AvgIpc) is 3.45. The highest BCUT2D eigenvalue weighted by Crippen LogP contribution is 2.29. The summed E-state index contributed by atoms with van der Waals surface area (Å²) in [6.07, 6.45) is 3.65. The van der Waals surface area contributed by atoms with Crippen LogP contribution in [-0.4, -0.2) is 46.5 Å². The van der Waals surface area contributed by atoms with Crippen molar-refractivity contribution in [2.45, 2.75) is 32.7 Å². The molecule has 0 heterocycles. The molecule has 0 spiro atoms. The predicted octanol–water partition coefficient (Wildman–Crippen LogP) is 2.58. The molecule has 1 fully saturated rings. The van der Waals surface area contributed by atoms with Crippen molar-refractivity contribution >= 4 is 5.96 Å². The lowest BCUT2D eigenvalue weighted by Gasteiger charge is -2.14. The topological polar surface area (TPSA) is 64.1 Å². The average molecular weight is 349 g/mol. The predicted molar refractivity (Wildman–Crippen MR) is 101 cm³/mol. The molecule has 0 radical (unpaired) electrons. The number of rotatable bonds is 11. The molecule has 1 saturated carbocycles. The molecule has 6 heteroatoms. The highest BCUT2D eigenvalue weighted by atomic mass is 16.5. The molecule has 0 bridgehead atoms. The van der Waals surface area contributed by atoms with Gasteiger partial charge in [0.25, 0.3) is 0 Å². The Kier molecular flexibility index (Phi) is 8.39. The van der Waals surface area contributed by atoms with E-state index >= 15 is 0 Å². The van der Waals surface area contributed by atoms with E-state index in [1.165, 1.54) is 12.8 Å². The number of nitrogens with zero attached hydrogens (tertiary/aromatic N) is 1. The van der Waals surface area contributed by atoms with Crippen LogP contribution in [0.2, 0.25) is 0 Å². The van der Waals surface area contributed by atoms with E-state index in [1.54, 1.807) is 14.2 Å². The number of hydrogen-bond acceptors (Lipinski definition) is 4. The van der Waals surface area contributed by atoms with Gasteiger partial charge in [-0.3, -0.25) is 4.99 Å². The smallest absolute Gasteiger partial charge is 0.191 e. The van der Waals surface area contributed by atoms with Gasteiger partial charge in [0.05, 0.1) is 13.7 Å². The van der Waals surface area contributed by atoms with E-state index in [4.69, 9.17) is 14.2 Å². The summed E-state index contributed by atoms with van der Waals surface area (Å²) in [5.74, 6) is 3.13. The molecule has 6 nitrogen and oxygen atoms in total. The summed E-state index contributed by atoms with van der Waals surface area (Å²) in [6, 6.07) is 5.94. The van der Waals surface area contributed by atoms with Gasteiger partial charge in [-0.25, -0.2) is 0 Å². The lowest BCUT2D eigenvalue weighted by molar-refractivity contribution is 0.123. The van der Waals surface area contributed by atoms with Crippen LogP contribution in [-0.2, 0) is 11.3 Å². The maximum absolute atomic E-state index is 5.63. The van der Waals surface area contributed by atoms with Gasteiger partial charge in [0, 0.05) is 33.4 Å².